The van der Waals surface area contributed by atoms with E-state index in [9.17, 15) is 4.79 Å². The van der Waals surface area contributed by atoms with Crippen LogP contribution in [0.3, 0.4) is 0 Å². The molecule has 1 N–H and O–H groups in total. The van der Waals surface area contributed by atoms with Crippen LogP contribution >= 0.6 is 22.6 Å². The summed E-state index contributed by atoms with van der Waals surface area (Å²) >= 11 is 2.26. The van der Waals surface area contributed by atoms with E-state index in [0.717, 1.165) is 22.3 Å². The number of amides is 1. The Morgan fingerprint density at radius 1 is 1.31 bits per heavy atom. The minimum Gasteiger partial charge on any atom is -0.375 e. The first-order chi connectivity index (χ1) is 7.69. The number of para-hydroxylation sites is 1. The lowest BCUT2D eigenvalue weighted by molar-refractivity contribution is -0.128. The molecule has 1 aromatic carbocycles. The summed E-state index contributed by atoms with van der Waals surface area (Å²) in [7, 11) is 0. The maximum atomic E-state index is 11.8. The van der Waals surface area contributed by atoms with Gasteiger partial charge in [-0.25, -0.2) is 0 Å². The number of benzene rings is 1. The zero-order valence-corrected chi connectivity index (χ0v) is 11.8. The van der Waals surface area contributed by atoms with Crippen LogP contribution in [0.25, 0.3) is 0 Å². The van der Waals surface area contributed by atoms with Gasteiger partial charge in [0.2, 0.25) is 5.91 Å². The van der Waals surface area contributed by atoms with Crippen molar-refractivity contribution in [2.45, 2.75) is 13.8 Å². The normalized spacial score (nSPS) is 9.94. The molecule has 88 valence electrons. The quantitative estimate of drug-likeness (QED) is 0.841. The molecule has 0 aliphatic rings. The molecular weight excluding hydrogens is 315 g/mol. The van der Waals surface area contributed by atoms with Crippen molar-refractivity contribution in [1.29, 1.82) is 0 Å². The Bertz CT molecular complexity index is 351. The largest absolute Gasteiger partial charge is 0.375 e. The fourth-order valence-electron chi connectivity index (χ4n) is 1.46. The smallest absolute Gasteiger partial charge is 0.241 e. The molecule has 4 heteroatoms. The molecule has 0 aromatic heterocycles. The number of hydrogen-bond donors (Lipinski definition) is 1. The minimum absolute atomic E-state index is 0.143. The van der Waals surface area contributed by atoms with Crippen molar-refractivity contribution in [3.8, 4) is 0 Å². The van der Waals surface area contributed by atoms with Crippen molar-refractivity contribution in [3.05, 3.63) is 27.8 Å². The number of rotatable bonds is 5. The van der Waals surface area contributed by atoms with E-state index >= 15 is 0 Å². The molecule has 16 heavy (non-hydrogen) atoms. The van der Waals surface area contributed by atoms with Crippen LogP contribution in [0, 0.1) is 3.57 Å². The first kappa shape index (κ1) is 13.3. The number of carbonyl (C=O) groups excluding carboxylic acids is 1. The van der Waals surface area contributed by atoms with E-state index < -0.39 is 0 Å². The fraction of sp³-hybridized carbons (Fsp3) is 0.417. The second-order valence-electron chi connectivity index (χ2n) is 3.40. The summed E-state index contributed by atoms with van der Waals surface area (Å²) in [5.74, 6) is 0.143. The van der Waals surface area contributed by atoms with Crippen molar-refractivity contribution in [2.24, 2.45) is 0 Å². The van der Waals surface area contributed by atoms with E-state index in [4.69, 9.17) is 0 Å². The minimum atomic E-state index is 0.143. The fourth-order valence-corrected chi connectivity index (χ4v) is 2.04. The Morgan fingerprint density at radius 2 is 1.94 bits per heavy atom. The molecule has 1 aromatic rings. The summed E-state index contributed by atoms with van der Waals surface area (Å²) in [6.07, 6.45) is 0. The summed E-state index contributed by atoms with van der Waals surface area (Å²) in [5.41, 5.74) is 1.02. The molecule has 0 saturated heterocycles. The van der Waals surface area contributed by atoms with E-state index in [2.05, 4.69) is 27.9 Å². The molecule has 0 spiro atoms. The standard InChI is InChI=1S/C12H17IN2O/c1-3-15(4-2)12(16)9-14-11-8-6-5-7-10(11)13/h5-8,14H,3-4,9H2,1-2H3. The van der Waals surface area contributed by atoms with Gasteiger partial charge in [-0.2, -0.15) is 0 Å². The molecule has 0 fully saturated rings. The topological polar surface area (TPSA) is 32.3 Å². The van der Waals surface area contributed by atoms with Gasteiger partial charge in [-0.3, -0.25) is 4.79 Å². The Balaban J connectivity index is 2.52. The maximum absolute atomic E-state index is 11.8. The lowest BCUT2D eigenvalue weighted by Gasteiger charge is -2.19. The molecule has 1 amide bonds. The van der Waals surface area contributed by atoms with Crippen LogP contribution in [-0.2, 0) is 4.79 Å². The average Bonchev–Trinajstić information content (AvgIpc) is 2.29. The zero-order valence-electron chi connectivity index (χ0n) is 9.66. The first-order valence-corrected chi connectivity index (χ1v) is 6.53. The molecule has 0 atom stereocenters. The molecule has 0 aliphatic carbocycles. The van der Waals surface area contributed by atoms with Crippen molar-refractivity contribution < 1.29 is 4.79 Å². The van der Waals surface area contributed by atoms with Gasteiger partial charge in [-0.15, -0.1) is 0 Å². The number of halogens is 1. The highest BCUT2D eigenvalue weighted by molar-refractivity contribution is 14.1. The summed E-state index contributed by atoms with van der Waals surface area (Å²) < 4.78 is 1.13. The third-order valence-corrected chi connectivity index (χ3v) is 3.36. The van der Waals surface area contributed by atoms with E-state index in [-0.39, 0.29) is 5.91 Å². The number of carbonyl (C=O) groups is 1. The number of hydrogen-bond acceptors (Lipinski definition) is 2. The molecule has 1 rings (SSSR count). The molecule has 0 unspecified atom stereocenters. The van der Waals surface area contributed by atoms with Crippen LogP contribution in [0.15, 0.2) is 24.3 Å². The lowest BCUT2D eigenvalue weighted by atomic mass is 10.3. The first-order valence-electron chi connectivity index (χ1n) is 5.45. The third kappa shape index (κ3) is 3.66. The number of nitrogens with zero attached hydrogens (tertiary/aromatic N) is 1. The van der Waals surface area contributed by atoms with E-state index in [1.807, 2.05) is 43.0 Å². The highest BCUT2D eigenvalue weighted by Gasteiger charge is 2.09. The highest BCUT2D eigenvalue weighted by Crippen LogP contribution is 2.16. The summed E-state index contributed by atoms with van der Waals surface area (Å²) in [6.45, 7) is 5.88. The van der Waals surface area contributed by atoms with Crippen molar-refractivity contribution in [3.63, 3.8) is 0 Å². The second kappa shape index (κ2) is 6.73. The average molecular weight is 332 g/mol. The Kier molecular flexibility index (Phi) is 5.59. The zero-order chi connectivity index (χ0) is 12.0. The summed E-state index contributed by atoms with van der Waals surface area (Å²) in [6, 6.07) is 7.95. The van der Waals surface area contributed by atoms with Crippen LogP contribution in [0.4, 0.5) is 5.69 Å². The van der Waals surface area contributed by atoms with Crippen LogP contribution < -0.4 is 5.32 Å². The van der Waals surface area contributed by atoms with Gasteiger partial charge in [-0.05, 0) is 48.6 Å². The molecular formula is C12H17IN2O. The van der Waals surface area contributed by atoms with Gasteiger partial charge >= 0.3 is 0 Å². The molecule has 0 radical (unpaired) electrons. The van der Waals surface area contributed by atoms with Gasteiger partial charge in [0.25, 0.3) is 0 Å². The molecule has 3 nitrogen and oxygen atoms in total. The molecule has 0 heterocycles. The van der Waals surface area contributed by atoms with Crippen molar-refractivity contribution in [1.82, 2.24) is 4.90 Å². The van der Waals surface area contributed by atoms with E-state index in [1.165, 1.54) is 0 Å². The van der Waals surface area contributed by atoms with Gasteiger partial charge in [0, 0.05) is 22.3 Å². The van der Waals surface area contributed by atoms with Gasteiger partial charge < -0.3 is 10.2 Å². The number of likely N-dealkylation sites (N-methyl/N-ethyl adjacent to an activating group) is 1. The summed E-state index contributed by atoms with van der Waals surface area (Å²) in [4.78, 5) is 13.6. The van der Waals surface area contributed by atoms with Crippen LogP contribution in [0.5, 0.6) is 0 Å². The van der Waals surface area contributed by atoms with Gasteiger partial charge in [0.15, 0.2) is 0 Å². The van der Waals surface area contributed by atoms with Gasteiger partial charge in [0.1, 0.15) is 0 Å². The number of anilines is 1. The molecule has 0 saturated carbocycles. The molecule has 0 bridgehead atoms. The van der Waals surface area contributed by atoms with Crippen LogP contribution in [0.1, 0.15) is 13.8 Å². The Morgan fingerprint density at radius 3 is 2.50 bits per heavy atom. The monoisotopic (exact) mass is 332 g/mol. The van der Waals surface area contributed by atoms with Crippen LogP contribution in [-0.4, -0.2) is 30.4 Å². The van der Waals surface area contributed by atoms with Crippen molar-refractivity contribution in [2.75, 3.05) is 25.0 Å². The lowest BCUT2D eigenvalue weighted by Crippen LogP contribution is -2.35. The van der Waals surface area contributed by atoms with Gasteiger partial charge in [0.05, 0.1) is 6.54 Å². The Hall–Kier alpha value is -0.780. The van der Waals surface area contributed by atoms with Gasteiger partial charge in [-0.1, -0.05) is 12.1 Å². The maximum Gasteiger partial charge on any atom is 0.241 e. The highest BCUT2D eigenvalue weighted by atomic mass is 127. The Labute approximate surface area is 110 Å². The predicted molar refractivity (Wildman–Crippen MR) is 75.6 cm³/mol. The van der Waals surface area contributed by atoms with Crippen LogP contribution in [0.2, 0.25) is 0 Å². The SMILES string of the molecule is CCN(CC)C(=O)CNc1ccccc1I. The summed E-state index contributed by atoms with van der Waals surface area (Å²) in [5, 5.41) is 3.16. The van der Waals surface area contributed by atoms with Crippen molar-refractivity contribution >= 4 is 34.2 Å². The molecule has 0 aliphatic heterocycles. The van der Waals surface area contributed by atoms with E-state index in [1.54, 1.807) is 0 Å². The second-order valence-corrected chi connectivity index (χ2v) is 4.56. The third-order valence-electron chi connectivity index (χ3n) is 2.42. The predicted octanol–water partition coefficient (Wildman–Crippen LogP) is 2.57. The van der Waals surface area contributed by atoms with E-state index in [0.29, 0.717) is 6.54 Å². The number of nitrogens with one attached hydrogen (secondary N) is 1.